The summed E-state index contributed by atoms with van der Waals surface area (Å²) in [4.78, 5) is 4.01. The van der Waals surface area contributed by atoms with E-state index >= 15 is 0 Å². The molecular weight excluding hydrogens is 252 g/mol. The first kappa shape index (κ1) is 12.3. The second-order valence-electron chi connectivity index (χ2n) is 4.12. The Morgan fingerprint density at radius 1 is 1.10 bits per heavy atom. The lowest BCUT2D eigenvalue weighted by Crippen LogP contribution is -1.97. The van der Waals surface area contributed by atoms with E-state index < -0.39 is 0 Å². The van der Waals surface area contributed by atoms with Crippen molar-refractivity contribution in [3.8, 4) is 22.8 Å². The number of hydrogen-bond acceptors (Lipinski definition) is 4. The van der Waals surface area contributed by atoms with Crippen LogP contribution in [0.5, 0.6) is 5.75 Å². The first-order valence-corrected chi connectivity index (χ1v) is 6.35. The van der Waals surface area contributed by atoms with E-state index in [2.05, 4.69) is 21.5 Å². The van der Waals surface area contributed by atoms with Crippen molar-refractivity contribution in [2.75, 3.05) is 6.61 Å². The molecule has 2 heterocycles. The van der Waals surface area contributed by atoms with E-state index in [1.807, 2.05) is 47.9 Å². The summed E-state index contributed by atoms with van der Waals surface area (Å²) in [6, 6.07) is 11.5. The Morgan fingerprint density at radius 3 is 2.55 bits per heavy atom. The third kappa shape index (κ3) is 2.38. The topological polar surface area (TPSA) is 52.8 Å². The van der Waals surface area contributed by atoms with Gasteiger partial charge in [0.25, 0.3) is 0 Å². The summed E-state index contributed by atoms with van der Waals surface area (Å²) in [6.45, 7) is 2.61. The second-order valence-corrected chi connectivity index (χ2v) is 4.12. The average molecular weight is 265 g/mol. The Labute approximate surface area is 116 Å². The third-order valence-corrected chi connectivity index (χ3v) is 2.85. The predicted molar refractivity (Wildman–Crippen MR) is 74.6 cm³/mol. The molecule has 3 aromatic rings. The summed E-state index contributed by atoms with van der Waals surface area (Å²) in [5, 5.41) is 7.99. The largest absolute Gasteiger partial charge is 0.494 e. The smallest absolute Gasteiger partial charge is 0.207 e. The molecule has 99 valence electrons. The van der Waals surface area contributed by atoms with Crippen molar-refractivity contribution >= 4 is 0 Å². The van der Waals surface area contributed by atoms with Crippen LogP contribution in [-0.2, 0) is 0 Å². The summed E-state index contributed by atoms with van der Waals surface area (Å²) in [6.07, 6.45) is 6.32. The molecule has 0 saturated heterocycles. The van der Waals surface area contributed by atoms with Gasteiger partial charge in [-0.05, 0) is 43.3 Å². The van der Waals surface area contributed by atoms with Gasteiger partial charge in [-0.25, -0.2) is 0 Å². The summed E-state index contributed by atoms with van der Waals surface area (Å²) in [5.41, 5.74) is 1.88. The second kappa shape index (κ2) is 5.52. The van der Waals surface area contributed by atoms with Gasteiger partial charge in [-0.2, -0.15) is 0 Å². The van der Waals surface area contributed by atoms with Gasteiger partial charge in [0, 0.05) is 23.6 Å². The summed E-state index contributed by atoms with van der Waals surface area (Å²) >= 11 is 0. The lowest BCUT2D eigenvalue weighted by atomic mass is 10.2. The van der Waals surface area contributed by atoms with Crippen molar-refractivity contribution in [3.63, 3.8) is 0 Å². The van der Waals surface area contributed by atoms with Crippen LogP contribution in [0.1, 0.15) is 6.92 Å². The van der Waals surface area contributed by atoms with Crippen LogP contribution < -0.4 is 4.74 Å². The lowest BCUT2D eigenvalue weighted by Gasteiger charge is -2.07. The fourth-order valence-electron chi connectivity index (χ4n) is 1.93. The zero-order valence-electron chi connectivity index (χ0n) is 11.0. The highest BCUT2D eigenvalue weighted by Crippen LogP contribution is 2.21. The Morgan fingerprint density at radius 2 is 1.85 bits per heavy atom. The van der Waals surface area contributed by atoms with Crippen LogP contribution in [-0.4, -0.2) is 26.4 Å². The van der Waals surface area contributed by atoms with Gasteiger partial charge in [0.2, 0.25) is 6.33 Å². The molecule has 2 aromatic heterocycles. The van der Waals surface area contributed by atoms with Crippen LogP contribution in [0.4, 0.5) is 0 Å². The molecule has 0 aliphatic heterocycles. The van der Waals surface area contributed by atoms with Crippen molar-refractivity contribution in [3.05, 3.63) is 55.1 Å². The minimum atomic E-state index is 0.653. The highest BCUT2D eigenvalue weighted by molar-refractivity contribution is 5.57. The molecule has 0 atom stereocenters. The third-order valence-electron chi connectivity index (χ3n) is 2.85. The van der Waals surface area contributed by atoms with Crippen LogP contribution in [0, 0.1) is 6.33 Å². The summed E-state index contributed by atoms with van der Waals surface area (Å²) in [7, 11) is 0. The maximum absolute atomic E-state index is 5.43. The standard InChI is InChI=1S/C15H13N4O/c1-2-20-14-5-3-13(4-6-14)19-11-17-18-15(19)12-7-9-16-10-8-12/h3-10H,2H2,1H3. The number of rotatable bonds is 4. The van der Waals surface area contributed by atoms with Crippen molar-refractivity contribution in [1.29, 1.82) is 0 Å². The molecule has 5 nitrogen and oxygen atoms in total. The van der Waals surface area contributed by atoms with Gasteiger partial charge < -0.3 is 4.74 Å². The molecule has 20 heavy (non-hydrogen) atoms. The zero-order chi connectivity index (χ0) is 13.8. The van der Waals surface area contributed by atoms with E-state index in [4.69, 9.17) is 4.74 Å². The van der Waals surface area contributed by atoms with Crippen LogP contribution in [0.2, 0.25) is 0 Å². The molecule has 0 N–H and O–H groups in total. The normalized spacial score (nSPS) is 10.4. The molecular formula is C15H13N4O. The van der Waals surface area contributed by atoms with E-state index in [0.29, 0.717) is 6.61 Å². The molecule has 0 fully saturated rings. The Kier molecular flexibility index (Phi) is 3.41. The molecule has 0 spiro atoms. The monoisotopic (exact) mass is 265 g/mol. The van der Waals surface area contributed by atoms with E-state index in [0.717, 1.165) is 22.8 Å². The quantitative estimate of drug-likeness (QED) is 0.727. The summed E-state index contributed by atoms with van der Waals surface area (Å²) in [5.74, 6) is 1.58. The molecule has 0 amide bonds. The predicted octanol–water partition coefficient (Wildman–Crippen LogP) is 2.53. The molecule has 3 rings (SSSR count). The van der Waals surface area contributed by atoms with Gasteiger partial charge >= 0.3 is 0 Å². The van der Waals surface area contributed by atoms with Gasteiger partial charge in [-0.1, -0.05) is 0 Å². The van der Waals surface area contributed by atoms with Crippen LogP contribution in [0.15, 0.2) is 48.8 Å². The molecule has 0 bridgehead atoms. The van der Waals surface area contributed by atoms with Gasteiger partial charge in [-0.3, -0.25) is 9.55 Å². The van der Waals surface area contributed by atoms with Crippen molar-refractivity contribution in [2.24, 2.45) is 0 Å². The Balaban J connectivity index is 1.97. The fourth-order valence-corrected chi connectivity index (χ4v) is 1.93. The molecule has 0 aliphatic rings. The molecule has 0 saturated carbocycles. The van der Waals surface area contributed by atoms with Crippen LogP contribution >= 0.6 is 0 Å². The Hall–Kier alpha value is -2.69. The van der Waals surface area contributed by atoms with Gasteiger partial charge in [-0.15, -0.1) is 10.2 Å². The van der Waals surface area contributed by atoms with E-state index in [9.17, 15) is 0 Å². The molecule has 5 heteroatoms. The number of benzene rings is 1. The highest BCUT2D eigenvalue weighted by atomic mass is 16.5. The number of aromatic nitrogens is 4. The minimum absolute atomic E-state index is 0.653. The van der Waals surface area contributed by atoms with Crippen molar-refractivity contribution in [1.82, 2.24) is 19.7 Å². The van der Waals surface area contributed by atoms with Gasteiger partial charge in [0.1, 0.15) is 5.75 Å². The lowest BCUT2D eigenvalue weighted by molar-refractivity contribution is 0.340. The SMILES string of the molecule is CCOc1ccc(-n2[c]nnc2-c2ccncc2)cc1. The fraction of sp³-hybridized carbons (Fsp3) is 0.133. The molecule has 1 aromatic carbocycles. The maximum atomic E-state index is 5.43. The molecule has 1 radical (unpaired) electrons. The van der Waals surface area contributed by atoms with E-state index in [1.54, 1.807) is 12.4 Å². The number of hydrogen-bond donors (Lipinski definition) is 0. The van der Waals surface area contributed by atoms with Gasteiger partial charge in [0.15, 0.2) is 5.82 Å². The number of nitrogens with zero attached hydrogens (tertiary/aromatic N) is 4. The zero-order valence-corrected chi connectivity index (χ0v) is 11.0. The first-order valence-electron chi connectivity index (χ1n) is 6.35. The average Bonchev–Trinajstić information content (AvgIpc) is 2.99. The first-order chi connectivity index (χ1) is 9.88. The Bertz CT molecular complexity index is 677. The number of pyridine rings is 1. The summed E-state index contributed by atoms with van der Waals surface area (Å²) < 4.78 is 7.24. The molecule has 0 unspecified atom stereocenters. The minimum Gasteiger partial charge on any atom is -0.494 e. The van der Waals surface area contributed by atoms with Crippen molar-refractivity contribution in [2.45, 2.75) is 6.92 Å². The maximum Gasteiger partial charge on any atom is 0.207 e. The van der Waals surface area contributed by atoms with Crippen molar-refractivity contribution < 1.29 is 4.74 Å². The number of ether oxygens (including phenoxy) is 1. The molecule has 0 aliphatic carbocycles. The van der Waals surface area contributed by atoms with E-state index in [1.165, 1.54) is 0 Å². The van der Waals surface area contributed by atoms with Gasteiger partial charge in [0.05, 0.1) is 6.61 Å². The van der Waals surface area contributed by atoms with Crippen LogP contribution in [0.25, 0.3) is 17.1 Å². The van der Waals surface area contributed by atoms with Crippen LogP contribution in [0.3, 0.4) is 0 Å². The highest BCUT2D eigenvalue weighted by Gasteiger charge is 2.09. The van der Waals surface area contributed by atoms with E-state index in [-0.39, 0.29) is 0 Å².